The summed E-state index contributed by atoms with van der Waals surface area (Å²) in [6.07, 6.45) is 1.91. The number of aryl methyl sites for hydroxylation is 1. The molecule has 0 saturated carbocycles. The van der Waals surface area contributed by atoms with Gasteiger partial charge in [0.2, 0.25) is 0 Å². The number of thiophene rings is 1. The Bertz CT molecular complexity index is 867. The normalized spacial score (nSPS) is 11.4. The maximum Gasteiger partial charge on any atom is 0.134 e. The second kappa shape index (κ2) is 6.45. The van der Waals surface area contributed by atoms with Crippen LogP contribution >= 0.6 is 34.3 Å². The van der Waals surface area contributed by atoms with E-state index in [2.05, 4.69) is 11.1 Å². The number of benzene rings is 1. The van der Waals surface area contributed by atoms with Gasteiger partial charge < -0.3 is 0 Å². The molecule has 0 bridgehead atoms. The summed E-state index contributed by atoms with van der Waals surface area (Å²) in [6.45, 7) is 2.04. The second-order valence-corrected chi connectivity index (χ2v) is 6.92. The number of nitrogens with zero attached hydrogens (tertiary/aromatic N) is 2. The van der Waals surface area contributed by atoms with E-state index in [4.69, 9.17) is 11.6 Å². The molecule has 5 heteroatoms. The Kier molecular flexibility index (Phi) is 4.39. The van der Waals surface area contributed by atoms with E-state index < -0.39 is 0 Å². The minimum absolute atomic E-state index is 0.593. The van der Waals surface area contributed by atoms with Crippen LogP contribution in [0.15, 0.2) is 41.1 Å². The first-order valence-electron chi connectivity index (χ1n) is 6.55. The highest BCUT2D eigenvalue weighted by Crippen LogP contribution is 2.29. The molecule has 2 nitrogen and oxygen atoms in total. The lowest BCUT2D eigenvalue weighted by Crippen LogP contribution is -1.82. The summed E-state index contributed by atoms with van der Waals surface area (Å²) in [7, 11) is 0. The average Bonchev–Trinajstić information content (AvgIpc) is 3.15. The summed E-state index contributed by atoms with van der Waals surface area (Å²) in [6, 6.07) is 11.8. The summed E-state index contributed by atoms with van der Waals surface area (Å²) in [5.41, 5.74) is 3.63. The fourth-order valence-corrected chi connectivity index (χ4v) is 3.74. The van der Waals surface area contributed by atoms with Gasteiger partial charge in [0.25, 0.3) is 0 Å². The minimum Gasteiger partial charge on any atom is -0.235 e. The van der Waals surface area contributed by atoms with Crippen LogP contribution in [0.5, 0.6) is 0 Å². The van der Waals surface area contributed by atoms with Crippen molar-refractivity contribution in [3.8, 4) is 17.3 Å². The van der Waals surface area contributed by atoms with Gasteiger partial charge in [-0.05, 0) is 42.1 Å². The van der Waals surface area contributed by atoms with E-state index in [0.717, 1.165) is 21.1 Å². The predicted octanol–water partition coefficient (Wildman–Crippen LogP) is 5.90. The number of nitriles is 1. The topological polar surface area (TPSA) is 36.7 Å². The Balaban J connectivity index is 1.95. The third-order valence-corrected chi connectivity index (χ3v) is 5.27. The van der Waals surface area contributed by atoms with Crippen molar-refractivity contribution in [1.29, 1.82) is 5.26 Å². The van der Waals surface area contributed by atoms with Crippen LogP contribution in [0.4, 0.5) is 0 Å². The number of hydrogen-bond acceptors (Lipinski definition) is 4. The zero-order valence-corrected chi connectivity index (χ0v) is 14.1. The number of halogens is 1. The number of allylic oxidation sites excluding steroid dienone is 1. The molecule has 2 heterocycles. The molecule has 0 N–H and O–H groups in total. The minimum atomic E-state index is 0.593. The van der Waals surface area contributed by atoms with Crippen LogP contribution in [0.3, 0.4) is 0 Å². The van der Waals surface area contributed by atoms with Crippen molar-refractivity contribution in [2.24, 2.45) is 0 Å². The van der Waals surface area contributed by atoms with Crippen LogP contribution < -0.4 is 0 Å². The molecule has 0 aliphatic heterocycles. The largest absolute Gasteiger partial charge is 0.235 e. The van der Waals surface area contributed by atoms with Crippen LogP contribution in [-0.2, 0) is 0 Å². The van der Waals surface area contributed by atoms with Gasteiger partial charge in [-0.15, -0.1) is 22.7 Å². The molecule has 0 spiro atoms. The summed E-state index contributed by atoms with van der Waals surface area (Å²) in [5, 5.41) is 14.8. The molecule has 0 unspecified atom stereocenters. The molecule has 2 aromatic heterocycles. The molecule has 1 aromatic carbocycles. The lowest BCUT2D eigenvalue weighted by Gasteiger charge is -1.97. The van der Waals surface area contributed by atoms with Crippen LogP contribution in [-0.4, -0.2) is 4.98 Å². The molecule has 108 valence electrons. The van der Waals surface area contributed by atoms with Crippen molar-refractivity contribution < 1.29 is 0 Å². The van der Waals surface area contributed by atoms with Gasteiger partial charge in [-0.25, -0.2) is 4.98 Å². The van der Waals surface area contributed by atoms with Crippen LogP contribution in [0.25, 0.3) is 22.9 Å². The maximum absolute atomic E-state index is 9.42. The Labute approximate surface area is 142 Å². The first-order chi connectivity index (χ1) is 10.7. The van der Waals surface area contributed by atoms with E-state index in [9.17, 15) is 5.26 Å². The lowest BCUT2D eigenvalue weighted by molar-refractivity contribution is 1.37. The molecule has 3 rings (SSSR count). The van der Waals surface area contributed by atoms with Crippen molar-refractivity contribution in [2.45, 2.75) is 6.92 Å². The first kappa shape index (κ1) is 15.0. The van der Waals surface area contributed by atoms with E-state index in [0.29, 0.717) is 10.6 Å². The fraction of sp³-hybridized carbons (Fsp3) is 0.0588. The van der Waals surface area contributed by atoms with Gasteiger partial charge >= 0.3 is 0 Å². The van der Waals surface area contributed by atoms with Gasteiger partial charge in [0.1, 0.15) is 11.1 Å². The van der Waals surface area contributed by atoms with E-state index in [1.165, 1.54) is 16.9 Å². The van der Waals surface area contributed by atoms with Gasteiger partial charge in [0.05, 0.1) is 11.3 Å². The molecule has 22 heavy (non-hydrogen) atoms. The Morgan fingerprint density at radius 3 is 2.64 bits per heavy atom. The molecule has 0 aliphatic rings. The predicted molar refractivity (Wildman–Crippen MR) is 95.1 cm³/mol. The molecule has 0 saturated heterocycles. The summed E-state index contributed by atoms with van der Waals surface area (Å²) in [5.74, 6) is 0. The molecule has 0 fully saturated rings. The molecule has 0 radical (unpaired) electrons. The van der Waals surface area contributed by atoms with Crippen molar-refractivity contribution in [3.05, 3.63) is 61.6 Å². The molecular weight excluding hydrogens is 332 g/mol. The summed E-state index contributed by atoms with van der Waals surface area (Å²) in [4.78, 5) is 5.68. The highest BCUT2D eigenvalue weighted by Gasteiger charge is 2.10. The van der Waals surface area contributed by atoms with Crippen molar-refractivity contribution in [2.75, 3.05) is 0 Å². The number of hydrogen-bond donors (Lipinski definition) is 0. The highest BCUT2D eigenvalue weighted by molar-refractivity contribution is 7.12. The smallest absolute Gasteiger partial charge is 0.134 e. The quantitative estimate of drug-likeness (QED) is 0.556. The highest BCUT2D eigenvalue weighted by atomic mass is 35.5. The van der Waals surface area contributed by atoms with Gasteiger partial charge in [-0.1, -0.05) is 23.7 Å². The van der Waals surface area contributed by atoms with E-state index in [1.54, 1.807) is 11.3 Å². The fourth-order valence-electron chi connectivity index (χ4n) is 1.96. The van der Waals surface area contributed by atoms with E-state index in [-0.39, 0.29) is 0 Å². The zero-order valence-electron chi connectivity index (χ0n) is 11.7. The van der Waals surface area contributed by atoms with Crippen molar-refractivity contribution >= 4 is 45.9 Å². The van der Waals surface area contributed by atoms with Gasteiger partial charge in [0, 0.05) is 20.8 Å². The monoisotopic (exact) mass is 342 g/mol. The lowest BCUT2D eigenvalue weighted by atomic mass is 10.2. The Morgan fingerprint density at radius 2 is 2.00 bits per heavy atom. The molecule has 0 aliphatic carbocycles. The Morgan fingerprint density at radius 1 is 1.23 bits per heavy atom. The molecule has 3 aromatic rings. The summed E-state index contributed by atoms with van der Waals surface area (Å²) < 4.78 is 0. The van der Waals surface area contributed by atoms with Gasteiger partial charge in [-0.2, -0.15) is 5.26 Å². The molecule has 0 atom stereocenters. The van der Waals surface area contributed by atoms with Crippen molar-refractivity contribution in [3.63, 3.8) is 0 Å². The van der Waals surface area contributed by atoms with Crippen LogP contribution in [0, 0.1) is 18.3 Å². The third kappa shape index (κ3) is 3.12. The Hall–Kier alpha value is -1.93. The molecular formula is C17H11ClN2S2. The standard InChI is InChI=1S/C17H11ClN2S2/c1-11-6-7-21-16(11)8-13(9-19)17-20-15(10-22-17)12-2-4-14(18)5-3-12/h2-8,10H,1H3. The van der Waals surface area contributed by atoms with E-state index >= 15 is 0 Å². The summed E-state index contributed by atoms with van der Waals surface area (Å²) >= 11 is 9.01. The van der Waals surface area contributed by atoms with Gasteiger partial charge in [0.15, 0.2) is 0 Å². The number of thiazole rings is 1. The van der Waals surface area contributed by atoms with Crippen molar-refractivity contribution in [1.82, 2.24) is 4.98 Å². The third-order valence-electron chi connectivity index (χ3n) is 3.17. The SMILES string of the molecule is Cc1ccsc1C=C(C#N)c1nc(-c2ccc(Cl)cc2)cs1. The number of aromatic nitrogens is 1. The zero-order chi connectivity index (χ0) is 15.5. The van der Waals surface area contributed by atoms with Crippen LogP contribution in [0.1, 0.15) is 15.4 Å². The number of rotatable bonds is 3. The average molecular weight is 343 g/mol. The maximum atomic E-state index is 9.42. The first-order valence-corrected chi connectivity index (χ1v) is 8.69. The second-order valence-electron chi connectivity index (χ2n) is 4.68. The van der Waals surface area contributed by atoms with Gasteiger partial charge in [-0.3, -0.25) is 0 Å². The van der Waals surface area contributed by atoms with Crippen LogP contribution in [0.2, 0.25) is 5.02 Å². The molecule has 0 amide bonds. The van der Waals surface area contributed by atoms with E-state index in [1.807, 2.05) is 54.1 Å².